The van der Waals surface area contributed by atoms with E-state index in [1.807, 2.05) is 13.8 Å². The molecule has 1 rings (SSSR count). The van der Waals surface area contributed by atoms with Crippen LogP contribution in [0.4, 0.5) is 5.69 Å². The first kappa shape index (κ1) is 15.0. The molecule has 5 heteroatoms. The van der Waals surface area contributed by atoms with Gasteiger partial charge in [-0.15, -0.1) is 0 Å². The Labute approximate surface area is 113 Å². The summed E-state index contributed by atoms with van der Waals surface area (Å²) in [6.07, 6.45) is 1.33. The van der Waals surface area contributed by atoms with Gasteiger partial charge in [-0.2, -0.15) is 0 Å². The van der Waals surface area contributed by atoms with Crippen LogP contribution >= 0.6 is 0 Å². The normalized spacial score (nSPS) is 11.7. The number of esters is 1. The average Bonchev–Trinajstić information content (AvgIpc) is 2.40. The molecule has 0 spiro atoms. The quantitative estimate of drug-likeness (QED) is 0.626. The Hall–Kier alpha value is -2.04. The van der Waals surface area contributed by atoms with Crippen LogP contribution in [0, 0.1) is 6.92 Å². The maximum absolute atomic E-state index is 12.1. The standard InChI is InChI=1S/C14H20N2O3/c1-4-5-12(14(18)19-3)16-13(17)10-6-7-11(15)9(2)8-10/h6-8,12H,4-5,15H2,1-3H3,(H,16,17)/t12-/m1/s1. The highest BCUT2D eigenvalue weighted by molar-refractivity contribution is 5.97. The Bertz CT molecular complexity index is 472. The lowest BCUT2D eigenvalue weighted by Gasteiger charge is -2.16. The Morgan fingerprint density at radius 2 is 2.11 bits per heavy atom. The molecule has 0 aromatic heterocycles. The lowest BCUT2D eigenvalue weighted by molar-refractivity contribution is -0.143. The predicted octanol–water partition coefficient (Wildman–Crippen LogP) is 1.65. The molecule has 0 aliphatic heterocycles. The van der Waals surface area contributed by atoms with Crippen molar-refractivity contribution in [2.75, 3.05) is 12.8 Å². The molecule has 19 heavy (non-hydrogen) atoms. The van der Waals surface area contributed by atoms with Gasteiger partial charge in [-0.25, -0.2) is 4.79 Å². The van der Waals surface area contributed by atoms with Crippen molar-refractivity contribution < 1.29 is 14.3 Å². The predicted molar refractivity (Wildman–Crippen MR) is 73.8 cm³/mol. The molecule has 0 fully saturated rings. The molecule has 0 radical (unpaired) electrons. The van der Waals surface area contributed by atoms with Crippen LogP contribution in [-0.2, 0) is 9.53 Å². The lowest BCUT2D eigenvalue weighted by atomic mass is 10.1. The lowest BCUT2D eigenvalue weighted by Crippen LogP contribution is -2.41. The second-order valence-electron chi connectivity index (χ2n) is 4.41. The van der Waals surface area contributed by atoms with Crippen molar-refractivity contribution in [3.63, 3.8) is 0 Å². The minimum Gasteiger partial charge on any atom is -0.467 e. The number of hydrogen-bond donors (Lipinski definition) is 2. The number of rotatable bonds is 5. The Kier molecular flexibility index (Phi) is 5.36. The zero-order valence-corrected chi connectivity index (χ0v) is 11.5. The molecule has 1 atom stereocenters. The number of carbonyl (C=O) groups excluding carboxylic acids is 2. The molecule has 0 saturated carbocycles. The maximum atomic E-state index is 12.1. The maximum Gasteiger partial charge on any atom is 0.328 e. The van der Waals surface area contributed by atoms with Crippen LogP contribution in [0.1, 0.15) is 35.7 Å². The van der Waals surface area contributed by atoms with Crippen LogP contribution in [0.25, 0.3) is 0 Å². The number of anilines is 1. The molecular weight excluding hydrogens is 244 g/mol. The molecule has 0 aliphatic carbocycles. The number of ether oxygens (including phenoxy) is 1. The Morgan fingerprint density at radius 3 is 2.63 bits per heavy atom. The van der Waals surface area contributed by atoms with Gasteiger partial charge in [0.25, 0.3) is 5.91 Å². The summed E-state index contributed by atoms with van der Waals surface area (Å²) in [6, 6.07) is 4.40. The Morgan fingerprint density at radius 1 is 1.42 bits per heavy atom. The number of methoxy groups -OCH3 is 1. The van der Waals surface area contributed by atoms with E-state index in [-0.39, 0.29) is 5.91 Å². The van der Waals surface area contributed by atoms with Crippen molar-refractivity contribution in [2.24, 2.45) is 0 Å². The third-order valence-corrected chi connectivity index (χ3v) is 2.90. The zero-order valence-electron chi connectivity index (χ0n) is 11.5. The van der Waals surface area contributed by atoms with Crippen molar-refractivity contribution in [1.29, 1.82) is 0 Å². The van der Waals surface area contributed by atoms with Crippen LogP contribution in [0.2, 0.25) is 0 Å². The number of carbonyl (C=O) groups is 2. The number of amides is 1. The first-order valence-electron chi connectivity index (χ1n) is 6.24. The summed E-state index contributed by atoms with van der Waals surface area (Å²) < 4.78 is 4.67. The summed E-state index contributed by atoms with van der Waals surface area (Å²) in [4.78, 5) is 23.6. The molecule has 5 nitrogen and oxygen atoms in total. The number of nitrogens with two attached hydrogens (primary N) is 1. The SMILES string of the molecule is CCC[C@@H](NC(=O)c1ccc(N)c(C)c1)C(=O)OC. The molecule has 0 unspecified atom stereocenters. The first-order chi connectivity index (χ1) is 8.99. The first-order valence-corrected chi connectivity index (χ1v) is 6.24. The van der Waals surface area contributed by atoms with Crippen LogP contribution in [0.3, 0.4) is 0 Å². The number of benzene rings is 1. The van der Waals surface area contributed by atoms with Gasteiger partial charge in [0.05, 0.1) is 7.11 Å². The fourth-order valence-corrected chi connectivity index (χ4v) is 1.74. The van der Waals surface area contributed by atoms with Gasteiger partial charge in [0, 0.05) is 11.3 Å². The number of hydrogen-bond acceptors (Lipinski definition) is 4. The van der Waals surface area contributed by atoms with Gasteiger partial charge in [-0.3, -0.25) is 4.79 Å². The van der Waals surface area contributed by atoms with E-state index < -0.39 is 12.0 Å². The van der Waals surface area contributed by atoms with Gasteiger partial charge in [0.15, 0.2) is 0 Å². The molecule has 0 bridgehead atoms. The van der Waals surface area contributed by atoms with Gasteiger partial charge in [0.2, 0.25) is 0 Å². The summed E-state index contributed by atoms with van der Waals surface area (Å²) >= 11 is 0. The Balaban J connectivity index is 2.81. The van der Waals surface area contributed by atoms with Gasteiger partial charge in [0.1, 0.15) is 6.04 Å². The van der Waals surface area contributed by atoms with Crippen LogP contribution < -0.4 is 11.1 Å². The molecule has 0 saturated heterocycles. The molecule has 0 aliphatic rings. The molecule has 1 amide bonds. The van der Waals surface area contributed by atoms with Crippen LogP contribution in [0.15, 0.2) is 18.2 Å². The van der Waals surface area contributed by atoms with Gasteiger partial charge in [-0.1, -0.05) is 13.3 Å². The fourth-order valence-electron chi connectivity index (χ4n) is 1.74. The van der Waals surface area contributed by atoms with E-state index in [0.29, 0.717) is 17.7 Å². The second kappa shape index (κ2) is 6.78. The summed E-state index contributed by atoms with van der Waals surface area (Å²) in [7, 11) is 1.31. The van der Waals surface area contributed by atoms with Gasteiger partial charge in [-0.05, 0) is 37.1 Å². The molecule has 0 heterocycles. The van der Waals surface area contributed by atoms with Crippen molar-refractivity contribution in [3.8, 4) is 0 Å². The van der Waals surface area contributed by atoms with Crippen molar-refractivity contribution >= 4 is 17.6 Å². The third-order valence-electron chi connectivity index (χ3n) is 2.90. The van der Waals surface area contributed by atoms with E-state index in [1.54, 1.807) is 18.2 Å². The average molecular weight is 264 g/mol. The van der Waals surface area contributed by atoms with Crippen molar-refractivity contribution in [2.45, 2.75) is 32.7 Å². The topological polar surface area (TPSA) is 81.4 Å². The highest BCUT2D eigenvalue weighted by Crippen LogP contribution is 2.13. The van der Waals surface area contributed by atoms with E-state index in [1.165, 1.54) is 7.11 Å². The van der Waals surface area contributed by atoms with Crippen LogP contribution in [-0.4, -0.2) is 25.0 Å². The summed E-state index contributed by atoms with van der Waals surface area (Å²) in [5.74, 6) is -0.727. The van der Waals surface area contributed by atoms with Gasteiger partial charge < -0.3 is 15.8 Å². The highest BCUT2D eigenvalue weighted by atomic mass is 16.5. The highest BCUT2D eigenvalue weighted by Gasteiger charge is 2.21. The molecule has 1 aromatic carbocycles. The number of nitrogen functional groups attached to an aromatic ring is 1. The van der Waals surface area contributed by atoms with E-state index in [9.17, 15) is 9.59 Å². The van der Waals surface area contributed by atoms with E-state index in [4.69, 9.17) is 5.73 Å². The van der Waals surface area contributed by atoms with Crippen LogP contribution in [0.5, 0.6) is 0 Å². The molecule has 104 valence electrons. The summed E-state index contributed by atoms with van der Waals surface area (Å²) in [6.45, 7) is 3.77. The largest absolute Gasteiger partial charge is 0.467 e. The molecular formula is C14H20N2O3. The molecule has 3 N–H and O–H groups in total. The summed E-state index contributed by atoms with van der Waals surface area (Å²) in [5.41, 5.74) is 7.65. The monoisotopic (exact) mass is 264 g/mol. The van der Waals surface area contributed by atoms with Crippen molar-refractivity contribution in [1.82, 2.24) is 5.32 Å². The van der Waals surface area contributed by atoms with E-state index in [2.05, 4.69) is 10.1 Å². The van der Waals surface area contributed by atoms with E-state index >= 15 is 0 Å². The van der Waals surface area contributed by atoms with Gasteiger partial charge >= 0.3 is 5.97 Å². The third kappa shape index (κ3) is 3.98. The minimum atomic E-state index is -0.611. The smallest absolute Gasteiger partial charge is 0.328 e. The fraction of sp³-hybridized carbons (Fsp3) is 0.429. The summed E-state index contributed by atoms with van der Waals surface area (Å²) in [5, 5.41) is 2.68. The van der Waals surface area contributed by atoms with E-state index in [0.717, 1.165) is 12.0 Å². The number of nitrogens with one attached hydrogen (secondary N) is 1. The van der Waals surface area contributed by atoms with Crippen molar-refractivity contribution in [3.05, 3.63) is 29.3 Å². The number of aryl methyl sites for hydroxylation is 1. The minimum absolute atomic E-state index is 0.299. The molecule has 1 aromatic rings. The second-order valence-corrected chi connectivity index (χ2v) is 4.41. The zero-order chi connectivity index (χ0) is 14.4.